The summed E-state index contributed by atoms with van der Waals surface area (Å²) < 4.78 is 6.08. The molecule has 2 unspecified atom stereocenters. The van der Waals surface area contributed by atoms with Gasteiger partial charge >= 0.3 is 0 Å². The highest BCUT2D eigenvalue weighted by Crippen LogP contribution is 2.44. The van der Waals surface area contributed by atoms with Gasteiger partial charge in [0.05, 0.1) is 12.7 Å². The van der Waals surface area contributed by atoms with Gasteiger partial charge in [0.2, 0.25) is 0 Å². The molecule has 0 spiro atoms. The van der Waals surface area contributed by atoms with Crippen LogP contribution >= 0.6 is 0 Å². The van der Waals surface area contributed by atoms with E-state index in [1.165, 1.54) is 44.9 Å². The van der Waals surface area contributed by atoms with Gasteiger partial charge in [0.25, 0.3) is 0 Å². The van der Waals surface area contributed by atoms with Gasteiger partial charge in [0, 0.05) is 0 Å². The van der Waals surface area contributed by atoms with Crippen LogP contribution in [0.25, 0.3) is 0 Å². The first-order valence-electron chi connectivity index (χ1n) is 6.41. The number of ether oxygens (including phenoxy) is 1. The molecule has 2 aliphatic rings. The highest BCUT2D eigenvalue weighted by molar-refractivity contribution is 4.89. The van der Waals surface area contributed by atoms with E-state index < -0.39 is 0 Å². The normalized spacial score (nSPS) is 36.4. The van der Waals surface area contributed by atoms with Gasteiger partial charge in [0.1, 0.15) is 0 Å². The Morgan fingerprint density at radius 3 is 2.57 bits per heavy atom. The molecular weight excluding hydrogens is 172 g/mol. The number of fused-ring (bicyclic) bond motifs is 1. The van der Waals surface area contributed by atoms with Crippen molar-refractivity contribution in [1.29, 1.82) is 0 Å². The molecule has 14 heavy (non-hydrogen) atoms. The topological polar surface area (TPSA) is 9.23 Å². The van der Waals surface area contributed by atoms with Crippen LogP contribution in [0.4, 0.5) is 0 Å². The molecule has 1 heteroatoms. The summed E-state index contributed by atoms with van der Waals surface area (Å²) in [5.74, 6) is 0.886. The standard InChI is InChI=1S/C13H24O/c1-3-13(4-2)9-11-7-5-6-8-12(11)14-10-13/h11-12H,3-10H2,1-2H3. The third-order valence-electron chi connectivity index (χ3n) is 4.64. The molecule has 0 aromatic heterocycles. The van der Waals surface area contributed by atoms with Crippen LogP contribution in [0.5, 0.6) is 0 Å². The average Bonchev–Trinajstić information content (AvgIpc) is 2.28. The Morgan fingerprint density at radius 1 is 1.14 bits per heavy atom. The smallest absolute Gasteiger partial charge is 0.0603 e. The van der Waals surface area contributed by atoms with Crippen LogP contribution in [0.15, 0.2) is 0 Å². The summed E-state index contributed by atoms with van der Waals surface area (Å²) >= 11 is 0. The van der Waals surface area contributed by atoms with Crippen molar-refractivity contribution >= 4 is 0 Å². The third kappa shape index (κ3) is 1.84. The SMILES string of the molecule is CCC1(CC)COC2CCCCC2C1. The molecule has 1 saturated heterocycles. The van der Waals surface area contributed by atoms with E-state index >= 15 is 0 Å². The number of rotatable bonds is 2. The fraction of sp³-hybridized carbons (Fsp3) is 1.00. The first kappa shape index (κ1) is 10.5. The molecule has 0 aromatic rings. The minimum absolute atomic E-state index is 0.526. The van der Waals surface area contributed by atoms with Crippen LogP contribution < -0.4 is 0 Å². The molecule has 1 heterocycles. The van der Waals surface area contributed by atoms with E-state index in [1.807, 2.05) is 0 Å². The van der Waals surface area contributed by atoms with Crippen molar-refractivity contribution in [3.05, 3.63) is 0 Å². The zero-order chi connectivity index (χ0) is 10.0. The van der Waals surface area contributed by atoms with Crippen LogP contribution in [0.2, 0.25) is 0 Å². The van der Waals surface area contributed by atoms with Crippen LogP contribution in [0.3, 0.4) is 0 Å². The van der Waals surface area contributed by atoms with Gasteiger partial charge in [-0.3, -0.25) is 0 Å². The first-order chi connectivity index (χ1) is 6.79. The molecular formula is C13H24O. The maximum absolute atomic E-state index is 6.08. The van der Waals surface area contributed by atoms with Crippen LogP contribution in [0.1, 0.15) is 58.8 Å². The van der Waals surface area contributed by atoms with Crippen molar-refractivity contribution in [3.63, 3.8) is 0 Å². The predicted octanol–water partition coefficient (Wildman–Crippen LogP) is 3.77. The van der Waals surface area contributed by atoms with Crippen LogP contribution in [0, 0.1) is 11.3 Å². The summed E-state index contributed by atoms with van der Waals surface area (Å²) in [5.41, 5.74) is 0.526. The Hall–Kier alpha value is -0.0400. The van der Waals surface area contributed by atoms with E-state index in [-0.39, 0.29) is 0 Å². The predicted molar refractivity (Wildman–Crippen MR) is 59.3 cm³/mol. The Balaban J connectivity index is 2.01. The van der Waals surface area contributed by atoms with Gasteiger partial charge < -0.3 is 4.74 Å². The highest BCUT2D eigenvalue weighted by Gasteiger charge is 2.40. The van der Waals surface area contributed by atoms with Crippen molar-refractivity contribution in [2.75, 3.05) is 6.61 Å². The van der Waals surface area contributed by atoms with Crippen LogP contribution in [-0.4, -0.2) is 12.7 Å². The molecule has 0 bridgehead atoms. The zero-order valence-electron chi connectivity index (χ0n) is 9.72. The Kier molecular flexibility index (Phi) is 3.16. The van der Waals surface area contributed by atoms with Gasteiger partial charge in [-0.15, -0.1) is 0 Å². The van der Waals surface area contributed by atoms with E-state index in [1.54, 1.807) is 0 Å². The second kappa shape index (κ2) is 4.22. The number of hydrogen-bond acceptors (Lipinski definition) is 1. The average molecular weight is 196 g/mol. The summed E-state index contributed by atoms with van der Waals surface area (Å²) in [4.78, 5) is 0. The van der Waals surface area contributed by atoms with Crippen LogP contribution in [-0.2, 0) is 4.74 Å². The lowest BCUT2D eigenvalue weighted by Gasteiger charge is -2.46. The lowest BCUT2D eigenvalue weighted by Crippen LogP contribution is -2.42. The van der Waals surface area contributed by atoms with E-state index in [0.29, 0.717) is 11.5 Å². The van der Waals surface area contributed by atoms with Gasteiger partial charge in [-0.2, -0.15) is 0 Å². The van der Waals surface area contributed by atoms with Gasteiger partial charge in [-0.1, -0.05) is 26.7 Å². The minimum atomic E-state index is 0.526. The van der Waals surface area contributed by atoms with Gasteiger partial charge in [-0.05, 0) is 43.4 Å². The van der Waals surface area contributed by atoms with E-state index in [0.717, 1.165) is 12.5 Å². The fourth-order valence-electron chi connectivity index (χ4n) is 3.27. The van der Waals surface area contributed by atoms with Gasteiger partial charge in [0.15, 0.2) is 0 Å². The maximum atomic E-state index is 6.08. The van der Waals surface area contributed by atoms with Crippen molar-refractivity contribution in [3.8, 4) is 0 Å². The Morgan fingerprint density at radius 2 is 1.86 bits per heavy atom. The molecule has 1 aliphatic heterocycles. The fourth-order valence-corrected chi connectivity index (χ4v) is 3.27. The van der Waals surface area contributed by atoms with Crippen molar-refractivity contribution in [2.24, 2.45) is 11.3 Å². The largest absolute Gasteiger partial charge is 0.377 e. The highest BCUT2D eigenvalue weighted by atomic mass is 16.5. The lowest BCUT2D eigenvalue weighted by atomic mass is 9.69. The summed E-state index contributed by atoms with van der Waals surface area (Å²) in [6, 6.07) is 0. The lowest BCUT2D eigenvalue weighted by molar-refractivity contribution is -0.116. The summed E-state index contributed by atoms with van der Waals surface area (Å²) in [5, 5.41) is 0. The van der Waals surface area contributed by atoms with Gasteiger partial charge in [-0.25, -0.2) is 0 Å². The molecule has 0 aromatic carbocycles. The van der Waals surface area contributed by atoms with E-state index in [9.17, 15) is 0 Å². The van der Waals surface area contributed by atoms with E-state index in [4.69, 9.17) is 4.74 Å². The quantitative estimate of drug-likeness (QED) is 0.653. The summed E-state index contributed by atoms with van der Waals surface area (Å²) in [6.45, 7) is 5.69. The maximum Gasteiger partial charge on any atom is 0.0603 e. The molecule has 0 radical (unpaired) electrons. The molecule has 1 saturated carbocycles. The van der Waals surface area contributed by atoms with Crippen molar-refractivity contribution in [1.82, 2.24) is 0 Å². The van der Waals surface area contributed by atoms with Crippen molar-refractivity contribution < 1.29 is 4.74 Å². The molecule has 2 fully saturated rings. The Labute approximate surface area is 88.2 Å². The number of hydrogen-bond donors (Lipinski definition) is 0. The van der Waals surface area contributed by atoms with Crippen molar-refractivity contribution in [2.45, 2.75) is 64.9 Å². The molecule has 2 atom stereocenters. The summed E-state index contributed by atoms with van der Waals surface area (Å²) in [6.07, 6.45) is 10.2. The molecule has 2 rings (SSSR count). The minimum Gasteiger partial charge on any atom is -0.377 e. The molecule has 0 N–H and O–H groups in total. The molecule has 0 amide bonds. The zero-order valence-corrected chi connectivity index (χ0v) is 9.72. The molecule has 82 valence electrons. The monoisotopic (exact) mass is 196 g/mol. The Bertz CT molecular complexity index is 184. The molecule has 1 nitrogen and oxygen atoms in total. The third-order valence-corrected chi connectivity index (χ3v) is 4.64. The first-order valence-corrected chi connectivity index (χ1v) is 6.41. The van der Waals surface area contributed by atoms with E-state index in [2.05, 4.69) is 13.8 Å². The molecule has 1 aliphatic carbocycles. The second-order valence-electron chi connectivity index (χ2n) is 5.31. The summed E-state index contributed by atoms with van der Waals surface area (Å²) in [7, 11) is 0. The second-order valence-corrected chi connectivity index (χ2v) is 5.31.